The first-order chi connectivity index (χ1) is 8.06. The number of carbonyl (C=O) groups excluding carboxylic acids is 1. The van der Waals surface area contributed by atoms with Crippen LogP contribution >= 0.6 is 0 Å². The highest BCUT2D eigenvalue weighted by Crippen LogP contribution is 2.20. The number of nitrogens with two attached hydrogens (primary N) is 1. The summed E-state index contributed by atoms with van der Waals surface area (Å²) in [5.41, 5.74) is 5.12. The molecule has 1 saturated heterocycles. The molecule has 0 saturated carbocycles. The van der Waals surface area contributed by atoms with Crippen LogP contribution in [0.5, 0.6) is 0 Å². The van der Waals surface area contributed by atoms with Gasteiger partial charge in [0.25, 0.3) is 5.56 Å². The minimum atomic E-state index is -0.236. The lowest BCUT2D eigenvalue weighted by Gasteiger charge is -2.31. The molecule has 2 rings (SSSR count). The molecule has 92 valence electrons. The van der Waals surface area contributed by atoms with Crippen LogP contribution in [0.1, 0.15) is 18.7 Å². The van der Waals surface area contributed by atoms with Gasteiger partial charge in [-0.2, -0.15) is 0 Å². The summed E-state index contributed by atoms with van der Waals surface area (Å²) in [6, 6.07) is 1.48. The maximum Gasteiger partial charge on any atom is 0.252 e. The van der Waals surface area contributed by atoms with E-state index in [9.17, 15) is 9.59 Å². The molecular formula is C11H16N4O2. The summed E-state index contributed by atoms with van der Waals surface area (Å²) in [6.45, 7) is 3.17. The van der Waals surface area contributed by atoms with Crippen molar-refractivity contribution < 1.29 is 4.79 Å². The Kier molecular flexibility index (Phi) is 3.12. The van der Waals surface area contributed by atoms with Crippen molar-refractivity contribution in [1.29, 1.82) is 0 Å². The van der Waals surface area contributed by atoms with Crippen molar-refractivity contribution in [2.75, 3.05) is 18.0 Å². The third-order valence-corrected chi connectivity index (χ3v) is 3.07. The fourth-order valence-electron chi connectivity index (χ4n) is 2.12. The molecule has 1 fully saturated rings. The van der Waals surface area contributed by atoms with Gasteiger partial charge in [0.2, 0.25) is 5.91 Å². The Morgan fingerprint density at radius 2 is 2.18 bits per heavy atom. The Balaban J connectivity index is 2.10. The summed E-state index contributed by atoms with van der Waals surface area (Å²) in [5, 5.41) is 0. The van der Waals surface area contributed by atoms with E-state index in [1.165, 1.54) is 6.07 Å². The molecule has 6 nitrogen and oxygen atoms in total. The SMILES string of the molecule is Cc1nc(N2CCC(C(N)=O)CC2)cc(=O)[nH]1. The summed E-state index contributed by atoms with van der Waals surface area (Å²) in [5.74, 6) is 0.993. The van der Waals surface area contributed by atoms with Gasteiger partial charge in [-0.15, -0.1) is 0 Å². The Morgan fingerprint density at radius 1 is 1.53 bits per heavy atom. The highest BCUT2D eigenvalue weighted by Gasteiger charge is 2.23. The Morgan fingerprint density at radius 3 is 2.71 bits per heavy atom. The highest BCUT2D eigenvalue weighted by atomic mass is 16.1. The Labute approximate surface area is 98.8 Å². The minimum absolute atomic E-state index is 0.0469. The quantitative estimate of drug-likeness (QED) is 0.742. The van der Waals surface area contributed by atoms with Crippen LogP contribution in [-0.4, -0.2) is 29.0 Å². The first-order valence-electron chi connectivity index (χ1n) is 5.68. The fraction of sp³-hybridized carbons (Fsp3) is 0.545. The zero-order chi connectivity index (χ0) is 12.4. The molecule has 0 spiro atoms. The standard InChI is InChI=1S/C11H16N4O2/c1-7-13-9(6-10(16)14-7)15-4-2-8(3-5-15)11(12)17/h6,8H,2-5H2,1H3,(H2,12,17)(H,13,14,16). The van der Waals surface area contributed by atoms with Crippen molar-refractivity contribution >= 4 is 11.7 Å². The molecular weight excluding hydrogens is 220 g/mol. The number of amides is 1. The number of H-pyrrole nitrogens is 1. The summed E-state index contributed by atoms with van der Waals surface area (Å²) < 4.78 is 0. The Bertz CT molecular complexity index is 475. The van der Waals surface area contributed by atoms with Crippen molar-refractivity contribution in [2.45, 2.75) is 19.8 Å². The van der Waals surface area contributed by atoms with Gasteiger partial charge in [0.1, 0.15) is 11.6 Å². The van der Waals surface area contributed by atoms with E-state index in [1.54, 1.807) is 6.92 Å². The molecule has 1 amide bonds. The number of rotatable bonds is 2. The maximum absolute atomic E-state index is 11.3. The largest absolute Gasteiger partial charge is 0.369 e. The second kappa shape index (κ2) is 4.57. The van der Waals surface area contributed by atoms with Crippen molar-refractivity contribution in [3.8, 4) is 0 Å². The second-order valence-corrected chi connectivity index (χ2v) is 4.35. The molecule has 1 aliphatic heterocycles. The Hall–Kier alpha value is -1.85. The average Bonchev–Trinajstić information content (AvgIpc) is 2.28. The number of primary amides is 1. The molecule has 0 bridgehead atoms. The van der Waals surface area contributed by atoms with Crippen LogP contribution in [0.15, 0.2) is 10.9 Å². The van der Waals surface area contributed by atoms with E-state index < -0.39 is 0 Å². The van der Waals surface area contributed by atoms with Crippen LogP contribution in [0.25, 0.3) is 0 Å². The molecule has 0 aliphatic carbocycles. The van der Waals surface area contributed by atoms with Gasteiger partial charge in [-0.25, -0.2) is 4.98 Å². The average molecular weight is 236 g/mol. The molecule has 1 aliphatic rings. The van der Waals surface area contributed by atoms with Crippen LogP contribution < -0.4 is 16.2 Å². The smallest absolute Gasteiger partial charge is 0.252 e. The third-order valence-electron chi connectivity index (χ3n) is 3.07. The molecule has 1 aromatic heterocycles. The zero-order valence-electron chi connectivity index (χ0n) is 9.77. The summed E-state index contributed by atoms with van der Waals surface area (Å²) in [4.78, 5) is 31.3. The van der Waals surface area contributed by atoms with Gasteiger partial charge in [0, 0.05) is 25.1 Å². The molecule has 17 heavy (non-hydrogen) atoms. The zero-order valence-corrected chi connectivity index (χ0v) is 9.77. The molecule has 0 atom stereocenters. The van der Waals surface area contributed by atoms with E-state index in [4.69, 9.17) is 5.73 Å². The van der Waals surface area contributed by atoms with Crippen molar-refractivity contribution in [3.63, 3.8) is 0 Å². The predicted octanol–water partition coefficient (Wildman–Crippen LogP) is -0.220. The van der Waals surface area contributed by atoms with E-state index in [0.717, 1.165) is 12.8 Å². The van der Waals surface area contributed by atoms with Crippen LogP contribution in [0.4, 0.5) is 5.82 Å². The normalized spacial score (nSPS) is 17.1. The third kappa shape index (κ3) is 2.64. The van der Waals surface area contributed by atoms with Gasteiger partial charge in [0.15, 0.2) is 0 Å². The molecule has 0 aromatic carbocycles. The van der Waals surface area contributed by atoms with Gasteiger partial charge in [-0.05, 0) is 19.8 Å². The summed E-state index contributed by atoms with van der Waals surface area (Å²) in [6.07, 6.45) is 1.45. The first-order valence-corrected chi connectivity index (χ1v) is 5.68. The van der Waals surface area contributed by atoms with E-state index in [2.05, 4.69) is 9.97 Å². The number of piperidine rings is 1. The minimum Gasteiger partial charge on any atom is -0.369 e. The van der Waals surface area contributed by atoms with Gasteiger partial charge < -0.3 is 15.6 Å². The molecule has 1 aromatic rings. The van der Waals surface area contributed by atoms with Crippen molar-refractivity contribution in [2.24, 2.45) is 11.7 Å². The number of aromatic amines is 1. The monoisotopic (exact) mass is 236 g/mol. The van der Waals surface area contributed by atoms with Crippen LogP contribution in [0.3, 0.4) is 0 Å². The lowest BCUT2D eigenvalue weighted by Crippen LogP contribution is -2.39. The van der Waals surface area contributed by atoms with E-state index >= 15 is 0 Å². The van der Waals surface area contributed by atoms with Crippen LogP contribution in [0, 0.1) is 12.8 Å². The van der Waals surface area contributed by atoms with Gasteiger partial charge in [-0.1, -0.05) is 0 Å². The highest BCUT2D eigenvalue weighted by molar-refractivity contribution is 5.76. The number of carbonyl (C=O) groups is 1. The van der Waals surface area contributed by atoms with E-state index in [-0.39, 0.29) is 17.4 Å². The number of hydrogen-bond donors (Lipinski definition) is 2. The molecule has 0 radical (unpaired) electrons. The van der Waals surface area contributed by atoms with Crippen LogP contribution in [0.2, 0.25) is 0 Å². The molecule has 6 heteroatoms. The number of hydrogen-bond acceptors (Lipinski definition) is 4. The number of aromatic nitrogens is 2. The summed E-state index contributed by atoms with van der Waals surface area (Å²) >= 11 is 0. The number of anilines is 1. The second-order valence-electron chi connectivity index (χ2n) is 4.35. The topological polar surface area (TPSA) is 92.1 Å². The van der Waals surface area contributed by atoms with E-state index in [0.29, 0.717) is 24.7 Å². The number of aryl methyl sites for hydroxylation is 1. The van der Waals surface area contributed by atoms with Crippen molar-refractivity contribution in [3.05, 3.63) is 22.2 Å². The van der Waals surface area contributed by atoms with Gasteiger partial charge in [-0.3, -0.25) is 9.59 Å². The van der Waals surface area contributed by atoms with Gasteiger partial charge in [0.05, 0.1) is 0 Å². The fourth-order valence-corrected chi connectivity index (χ4v) is 2.12. The summed E-state index contributed by atoms with van der Waals surface area (Å²) in [7, 11) is 0. The van der Waals surface area contributed by atoms with Crippen molar-refractivity contribution in [1.82, 2.24) is 9.97 Å². The van der Waals surface area contributed by atoms with Crippen LogP contribution in [-0.2, 0) is 4.79 Å². The first kappa shape index (κ1) is 11.6. The molecule has 2 heterocycles. The maximum atomic E-state index is 11.3. The van der Waals surface area contributed by atoms with E-state index in [1.807, 2.05) is 4.90 Å². The predicted molar refractivity (Wildman–Crippen MR) is 63.7 cm³/mol. The van der Waals surface area contributed by atoms with Gasteiger partial charge >= 0.3 is 0 Å². The lowest BCUT2D eigenvalue weighted by molar-refractivity contribution is -0.122. The lowest BCUT2D eigenvalue weighted by atomic mass is 9.96. The molecule has 0 unspecified atom stereocenters. The number of nitrogens with zero attached hydrogens (tertiary/aromatic N) is 2. The number of nitrogens with one attached hydrogen (secondary N) is 1. The molecule has 3 N–H and O–H groups in total.